The average Bonchev–Trinajstić information content (AvgIpc) is 3.13. The Hall–Kier alpha value is -2.78. The van der Waals surface area contributed by atoms with Crippen LogP contribution in [0.2, 0.25) is 0 Å². The molecule has 136 valence electrons. The summed E-state index contributed by atoms with van der Waals surface area (Å²) in [6.45, 7) is 0.572. The van der Waals surface area contributed by atoms with Crippen LogP contribution in [0.4, 0.5) is 23.7 Å². The molecule has 10 heteroatoms. The van der Waals surface area contributed by atoms with Crippen LogP contribution in [0.25, 0.3) is 0 Å². The van der Waals surface area contributed by atoms with E-state index in [1.165, 1.54) is 0 Å². The van der Waals surface area contributed by atoms with E-state index >= 15 is 0 Å². The molecule has 0 aliphatic carbocycles. The fraction of sp³-hybridized carbons (Fsp3) is 0.400. The van der Waals surface area contributed by atoms with Crippen LogP contribution in [0.5, 0.6) is 0 Å². The van der Waals surface area contributed by atoms with E-state index in [2.05, 4.69) is 10.6 Å². The summed E-state index contributed by atoms with van der Waals surface area (Å²) in [5.74, 6) is -5.68. The van der Waals surface area contributed by atoms with Gasteiger partial charge in [-0.15, -0.1) is 0 Å². The van der Waals surface area contributed by atoms with Crippen LogP contribution in [0.15, 0.2) is 12.1 Å². The summed E-state index contributed by atoms with van der Waals surface area (Å²) in [5.41, 5.74) is -0.546. The minimum Gasteiger partial charge on any atom is -0.341 e. The molecule has 0 spiro atoms. The Morgan fingerprint density at radius 2 is 1.60 bits per heavy atom. The van der Waals surface area contributed by atoms with Crippen molar-refractivity contribution in [1.82, 2.24) is 15.5 Å². The number of rotatable bonds is 5. The summed E-state index contributed by atoms with van der Waals surface area (Å²) in [6.07, 6.45) is 1.86. The van der Waals surface area contributed by atoms with E-state index in [0.717, 1.165) is 18.9 Å². The zero-order valence-corrected chi connectivity index (χ0v) is 13.2. The molecule has 1 aliphatic rings. The van der Waals surface area contributed by atoms with Gasteiger partial charge in [0.25, 0.3) is 0 Å². The third-order valence-corrected chi connectivity index (χ3v) is 3.58. The van der Waals surface area contributed by atoms with Gasteiger partial charge in [-0.3, -0.25) is 9.59 Å². The predicted octanol–water partition coefficient (Wildman–Crippen LogP) is 0.964. The minimum absolute atomic E-state index is 0.203. The van der Waals surface area contributed by atoms with Crippen molar-refractivity contribution in [3.63, 3.8) is 0 Å². The first-order chi connectivity index (χ1) is 11.9. The van der Waals surface area contributed by atoms with Gasteiger partial charge < -0.3 is 20.9 Å². The molecule has 1 heterocycles. The molecular formula is C15H17F3N4O3. The maximum absolute atomic E-state index is 13.4. The van der Waals surface area contributed by atoms with E-state index in [4.69, 9.17) is 0 Å². The van der Waals surface area contributed by atoms with Crippen LogP contribution in [-0.2, 0) is 9.59 Å². The van der Waals surface area contributed by atoms with E-state index in [1.807, 2.05) is 5.32 Å². The van der Waals surface area contributed by atoms with Crippen molar-refractivity contribution in [2.24, 2.45) is 0 Å². The van der Waals surface area contributed by atoms with Crippen molar-refractivity contribution in [3.8, 4) is 0 Å². The van der Waals surface area contributed by atoms with E-state index in [1.54, 1.807) is 4.90 Å². The van der Waals surface area contributed by atoms with E-state index in [0.29, 0.717) is 19.2 Å². The second kappa shape index (κ2) is 8.36. The van der Waals surface area contributed by atoms with Crippen LogP contribution in [0.3, 0.4) is 0 Å². The van der Waals surface area contributed by atoms with Gasteiger partial charge in [0.15, 0.2) is 17.5 Å². The van der Waals surface area contributed by atoms with Crippen LogP contribution in [0.1, 0.15) is 12.8 Å². The van der Waals surface area contributed by atoms with Gasteiger partial charge in [0.2, 0.25) is 11.8 Å². The summed E-state index contributed by atoms with van der Waals surface area (Å²) >= 11 is 0. The Morgan fingerprint density at radius 3 is 2.28 bits per heavy atom. The molecule has 0 unspecified atom stereocenters. The molecule has 1 saturated heterocycles. The van der Waals surface area contributed by atoms with E-state index < -0.39 is 41.6 Å². The summed E-state index contributed by atoms with van der Waals surface area (Å²) in [6, 6.07) is 0.770. The van der Waals surface area contributed by atoms with Crippen LogP contribution in [-0.4, -0.2) is 48.9 Å². The fourth-order valence-electron chi connectivity index (χ4n) is 2.27. The van der Waals surface area contributed by atoms with Crippen molar-refractivity contribution in [1.29, 1.82) is 0 Å². The zero-order valence-electron chi connectivity index (χ0n) is 13.2. The molecule has 1 aromatic rings. The standard InChI is InChI=1S/C15H17F3N4O3/c16-9-3-4-10(14(18)13(9)17)21-11(23)7-19-15(25)20-8-12(24)22-5-1-2-6-22/h3-4H,1-2,5-8H2,(H,21,23)(H2,19,20,25). The number of carbonyl (C=O) groups is 3. The molecule has 3 N–H and O–H groups in total. The zero-order chi connectivity index (χ0) is 18.4. The monoisotopic (exact) mass is 358 g/mol. The lowest BCUT2D eigenvalue weighted by molar-refractivity contribution is -0.129. The first-order valence-corrected chi connectivity index (χ1v) is 7.61. The molecule has 0 atom stereocenters. The molecule has 0 saturated carbocycles. The number of benzene rings is 1. The maximum Gasteiger partial charge on any atom is 0.315 e. The van der Waals surface area contributed by atoms with Crippen molar-refractivity contribution in [3.05, 3.63) is 29.6 Å². The molecular weight excluding hydrogens is 341 g/mol. The Labute approximate surface area is 141 Å². The predicted molar refractivity (Wildman–Crippen MR) is 82.2 cm³/mol. The van der Waals surface area contributed by atoms with Crippen LogP contribution < -0.4 is 16.0 Å². The average molecular weight is 358 g/mol. The van der Waals surface area contributed by atoms with Crippen molar-refractivity contribution in [2.75, 3.05) is 31.5 Å². The number of urea groups is 1. The summed E-state index contributed by atoms with van der Waals surface area (Å²) in [5, 5.41) is 6.48. The topological polar surface area (TPSA) is 90.5 Å². The Bertz CT molecular complexity index is 678. The molecule has 1 aliphatic heterocycles. The number of hydrogen-bond acceptors (Lipinski definition) is 3. The van der Waals surface area contributed by atoms with Gasteiger partial charge in [0, 0.05) is 13.1 Å². The SMILES string of the molecule is O=C(CNC(=O)NCC(=O)N1CCCC1)Nc1ccc(F)c(F)c1F. The lowest BCUT2D eigenvalue weighted by Gasteiger charge is -2.15. The minimum atomic E-state index is -1.70. The van der Waals surface area contributed by atoms with Crippen molar-refractivity contribution in [2.45, 2.75) is 12.8 Å². The normalized spacial score (nSPS) is 13.5. The van der Waals surface area contributed by atoms with Gasteiger partial charge in [-0.2, -0.15) is 0 Å². The number of hydrogen-bond donors (Lipinski definition) is 3. The number of nitrogens with zero attached hydrogens (tertiary/aromatic N) is 1. The van der Waals surface area contributed by atoms with Crippen LogP contribution in [0, 0.1) is 17.5 Å². The Balaban J connectivity index is 1.73. The van der Waals surface area contributed by atoms with Gasteiger partial charge in [-0.25, -0.2) is 18.0 Å². The second-order valence-corrected chi connectivity index (χ2v) is 5.40. The molecule has 0 aromatic heterocycles. The summed E-state index contributed by atoms with van der Waals surface area (Å²) in [4.78, 5) is 36.5. The van der Waals surface area contributed by atoms with E-state index in [-0.39, 0.29) is 12.5 Å². The maximum atomic E-state index is 13.4. The molecule has 0 bridgehead atoms. The van der Waals surface area contributed by atoms with Gasteiger partial charge >= 0.3 is 6.03 Å². The van der Waals surface area contributed by atoms with Gasteiger partial charge in [-0.05, 0) is 25.0 Å². The number of nitrogens with one attached hydrogen (secondary N) is 3. The molecule has 4 amide bonds. The fourth-order valence-corrected chi connectivity index (χ4v) is 2.27. The first kappa shape index (κ1) is 18.6. The smallest absolute Gasteiger partial charge is 0.315 e. The third kappa shape index (κ3) is 5.10. The highest BCUT2D eigenvalue weighted by Gasteiger charge is 2.18. The molecule has 0 radical (unpaired) electrons. The molecule has 7 nitrogen and oxygen atoms in total. The quantitative estimate of drug-likeness (QED) is 0.685. The molecule has 2 rings (SSSR count). The largest absolute Gasteiger partial charge is 0.341 e. The van der Waals surface area contributed by atoms with Gasteiger partial charge in [-0.1, -0.05) is 0 Å². The summed E-state index contributed by atoms with van der Waals surface area (Å²) < 4.78 is 39.2. The number of halogens is 3. The van der Waals surface area contributed by atoms with Crippen molar-refractivity contribution >= 4 is 23.5 Å². The molecule has 25 heavy (non-hydrogen) atoms. The highest BCUT2D eigenvalue weighted by molar-refractivity contribution is 5.94. The number of likely N-dealkylation sites (tertiary alicyclic amines) is 1. The highest BCUT2D eigenvalue weighted by atomic mass is 19.2. The number of amides is 4. The third-order valence-electron chi connectivity index (χ3n) is 3.58. The molecule has 1 aromatic carbocycles. The van der Waals surface area contributed by atoms with Gasteiger partial charge in [0.1, 0.15) is 0 Å². The second-order valence-electron chi connectivity index (χ2n) is 5.40. The number of carbonyl (C=O) groups excluding carboxylic acids is 3. The number of anilines is 1. The summed E-state index contributed by atoms with van der Waals surface area (Å²) in [7, 11) is 0. The van der Waals surface area contributed by atoms with Gasteiger partial charge in [0.05, 0.1) is 18.8 Å². The Kier molecular flexibility index (Phi) is 6.20. The highest BCUT2D eigenvalue weighted by Crippen LogP contribution is 2.19. The lowest BCUT2D eigenvalue weighted by Crippen LogP contribution is -2.44. The first-order valence-electron chi connectivity index (χ1n) is 7.61. The van der Waals surface area contributed by atoms with Crippen LogP contribution >= 0.6 is 0 Å². The van der Waals surface area contributed by atoms with Crippen molar-refractivity contribution < 1.29 is 27.6 Å². The van der Waals surface area contributed by atoms with E-state index in [9.17, 15) is 27.6 Å². The Morgan fingerprint density at radius 1 is 0.960 bits per heavy atom. The molecule has 1 fully saturated rings. The lowest BCUT2D eigenvalue weighted by atomic mass is 10.2.